The molecule has 0 saturated heterocycles. The second-order valence-electron chi connectivity index (χ2n) is 1.64. The van der Waals surface area contributed by atoms with Gasteiger partial charge in [0.1, 0.15) is 0 Å². The zero-order chi connectivity index (χ0) is 7.72. The number of nitrogen functional groups attached to an aromatic ring is 1. The fourth-order valence-electron chi connectivity index (χ4n) is 0.449. The minimum Gasteiger partial charge on any atom is -0.503 e. The average molecular weight is 143 g/mol. The highest BCUT2D eigenvalue weighted by atomic mass is 16.5. The second-order valence-corrected chi connectivity index (χ2v) is 1.64. The van der Waals surface area contributed by atoms with Crippen LogP contribution in [-0.4, -0.2) is 20.0 Å². The summed E-state index contributed by atoms with van der Waals surface area (Å²) in [6, 6.07) is 0. The maximum absolute atomic E-state index is 10.4. The Labute approximate surface area is 55.1 Å². The Morgan fingerprint density at radius 2 is 2.30 bits per heavy atom. The first-order valence-corrected chi connectivity index (χ1v) is 2.38. The number of aromatic hydroxyl groups is 1. The van der Waals surface area contributed by atoms with E-state index in [1.807, 2.05) is 0 Å². The van der Waals surface area contributed by atoms with Gasteiger partial charge >= 0.3 is 5.69 Å². The molecule has 1 aromatic heterocycles. The van der Waals surface area contributed by atoms with Gasteiger partial charge in [-0.3, -0.25) is 0 Å². The molecule has 0 unspecified atom stereocenters. The van der Waals surface area contributed by atoms with Crippen molar-refractivity contribution in [3.05, 3.63) is 16.7 Å². The summed E-state index contributed by atoms with van der Waals surface area (Å²) in [6.07, 6.45) is 0.769. The van der Waals surface area contributed by atoms with Crippen LogP contribution in [0.3, 0.4) is 0 Å². The quantitative estimate of drug-likeness (QED) is 0.394. The van der Waals surface area contributed by atoms with E-state index in [4.69, 9.17) is 16.0 Å². The molecule has 0 saturated carbocycles. The molecule has 54 valence electrons. The standard InChI is InChI=1S/C4H5N3O3/c5-3-2(8)1-7(10)4(9)6-3/h1,8,10H,(H2,5,6,9). The average Bonchev–Trinajstić information content (AvgIpc) is 1.84. The van der Waals surface area contributed by atoms with Crippen LogP contribution in [-0.2, 0) is 0 Å². The molecule has 0 fully saturated rings. The highest BCUT2D eigenvalue weighted by molar-refractivity contribution is 5.41. The first kappa shape index (κ1) is 6.40. The summed E-state index contributed by atoms with van der Waals surface area (Å²) in [6.45, 7) is 0. The minimum atomic E-state index is -0.921. The SMILES string of the molecule is Nc1nc(=O)n(O)cc1O. The van der Waals surface area contributed by atoms with Gasteiger partial charge in [-0.05, 0) is 0 Å². The van der Waals surface area contributed by atoms with Crippen molar-refractivity contribution in [2.45, 2.75) is 0 Å². The van der Waals surface area contributed by atoms with Crippen LogP contribution < -0.4 is 11.4 Å². The highest BCUT2D eigenvalue weighted by Crippen LogP contribution is 2.10. The fraction of sp³-hybridized carbons (Fsp3) is 0. The van der Waals surface area contributed by atoms with E-state index in [1.165, 1.54) is 0 Å². The molecule has 0 aliphatic rings. The van der Waals surface area contributed by atoms with E-state index in [0.29, 0.717) is 0 Å². The van der Waals surface area contributed by atoms with Gasteiger partial charge in [0.25, 0.3) is 0 Å². The van der Waals surface area contributed by atoms with E-state index in [2.05, 4.69) is 4.98 Å². The van der Waals surface area contributed by atoms with Gasteiger partial charge in [-0.1, -0.05) is 0 Å². The third-order valence-electron chi connectivity index (χ3n) is 0.919. The summed E-state index contributed by atoms with van der Waals surface area (Å²) in [7, 11) is 0. The van der Waals surface area contributed by atoms with Gasteiger partial charge in [0.15, 0.2) is 11.6 Å². The third-order valence-corrected chi connectivity index (χ3v) is 0.919. The van der Waals surface area contributed by atoms with E-state index in [0.717, 1.165) is 6.20 Å². The fourth-order valence-corrected chi connectivity index (χ4v) is 0.449. The van der Waals surface area contributed by atoms with Crippen LogP contribution in [0.4, 0.5) is 5.82 Å². The molecule has 0 aliphatic heterocycles. The van der Waals surface area contributed by atoms with Crippen LogP contribution in [0.2, 0.25) is 0 Å². The number of anilines is 1. The van der Waals surface area contributed by atoms with Crippen molar-refractivity contribution in [1.82, 2.24) is 9.71 Å². The van der Waals surface area contributed by atoms with E-state index in [-0.39, 0.29) is 10.5 Å². The molecule has 6 nitrogen and oxygen atoms in total. The largest absolute Gasteiger partial charge is 0.503 e. The monoisotopic (exact) mass is 143 g/mol. The number of hydrogen-bond donors (Lipinski definition) is 3. The third kappa shape index (κ3) is 0.859. The Morgan fingerprint density at radius 1 is 1.70 bits per heavy atom. The highest BCUT2D eigenvalue weighted by Gasteiger charge is 2.00. The van der Waals surface area contributed by atoms with Crippen LogP contribution in [0.5, 0.6) is 5.75 Å². The van der Waals surface area contributed by atoms with Gasteiger partial charge in [0.2, 0.25) is 0 Å². The molecule has 0 aliphatic carbocycles. The Bertz CT molecular complexity index is 305. The molecule has 0 spiro atoms. The first-order chi connectivity index (χ1) is 4.61. The van der Waals surface area contributed by atoms with E-state index in [1.54, 1.807) is 0 Å². The summed E-state index contributed by atoms with van der Waals surface area (Å²) in [4.78, 5) is 13.5. The van der Waals surface area contributed by atoms with Gasteiger partial charge in [-0.2, -0.15) is 4.98 Å². The van der Waals surface area contributed by atoms with E-state index >= 15 is 0 Å². The number of aromatic nitrogens is 2. The molecule has 0 radical (unpaired) electrons. The van der Waals surface area contributed by atoms with E-state index in [9.17, 15) is 4.79 Å². The summed E-state index contributed by atoms with van der Waals surface area (Å²) in [5.74, 6) is -0.725. The number of nitrogens with two attached hydrogens (primary N) is 1. The van der Waals surface area contributed by atoms with Crippen LogP contribution in [0.15, 0.2) is 11.0 Å². The van der Waals surface area contributed by atoms with Crippen molar-refractivity contribution < 1.29 is 10.3 Å². The maximum atomic E-state index is 10.4. The topological polar surface area (TPSA) is 101 Å². The van der Waals surface area contributed by atoms with Gasteiger partial charge in [0.05, 0.1) is 6.20 Å². The lowest BCUT2D eigenvalue weighted by atomic mass is 10.5. The number of nitrogens with zero attached hydrogens (tertiary/aromatic N) is 2. The lowest BCUT2D eigenvalue weighted by Gasteiger charge is -1.96. The lowest BCUT2D eigenvalue weighted by Crippen LogP contribution is -2.20. The molecule has 1 rings (SSSR count). The van der Waals surface area contributed by atoms with Crippen molar-refractivity contribution >= 4 is 5.82 Å². The van der Waals surface area contributed by atoms with Crippen molar-refractivity contribution in [3.8, 4) is 5.75 Å². The number of rotatable bonds is 0. The second kappa shape index (κ2) is 1.90. The molecule has 0 aromatic carbocycles. The molecule has 4 N–H and O–H groups in total. The van der Waals surface area contributed by atoms with Crippen molar-refractivity contribution in [2.24, 2.45) is 0 Å². The Hall–Kier alpha value is -1.72. The van der Waals surface area contributed by atoms with Gasteiger partial charge in [-0.15, -0.1) is 4.73 Å². The lowest BCUT2D eigenvalue weighted by molar-refractivity contribution is 0.167. The van der Waals surface area contributed by atoms with Crippen molar-refractivity contribution in [2.75, 3.05) is 5.73 Å². The van der Waals surface area contributed by atoms with Crippen LogP contribution in [0, 0.1) is 0 Å². The van der Waals surface area contributed by atoms with Gasteiger partial charge in [-0.25, -0.2) is 4.79 Å². The minimum absolute atomic E-state index is 0.145. The van der Waals surface area contributed by atoms with Crippen molar-refractivity contribution in [1.29, 1.82) is 0 Å². The zero-order valence-electron chi connectivity index (χ0n) is 4.85. The molecule has 0 amide bonds. The van der Waals surface area contributed by atoms with Crippen LogP contribution in [0.25, 0.3) is 0 Å². The molecule has 1 aromatic rings. The first-order valence-electron chi connectivity index (χ1n) is 2.38. The normalized spacial score (nSPS) is 9.60. The molecule has 6 heteroatoms. The Kier molecular flexibility index (Phi) is 1.22. The Morgan fingerprint density at radius 3 is 2.80 bits per heavy atom. The number of hydrogen-bond acceptors (Lipinski definition) is 5. The molecular formula is C4H5N3O3. The summed E-state index contributed by atoms with van der Waals surface area (Å²) >= 11 is 0. The molecular weight excluding hydrogens is 138 g/mol. The van der Waals surface area contributed by atoms with Crippen molar-refractivity contribution in [3.63, 3.8) is 0 Å². The maximum Gasteiger partial charge on any atom is 0.382 e. The molecule has 0 bridgehead atoms. The van der Waals surface area contributed by atoms with E-state index < -0.39 is 11.4 Å². The smallest absolute Gasteiger partial charge is 0.382 e. The van der Waals surface area contributed by atoms with Crippen LogP contribution >= 0.6 is 0 Å². The predicted molar refractivity (Wildman–Crippen MR) is 31.8 cm³/mol. The zero-order valence-corrected chi connectivity index (χ0v) is 4.85. The van der Waals surface area contributed by atoms with Gasteiger partial charge < -0.3 is 16.0 Å². The predicted octanol–water partition coefficient (Wildman–Crippen LogP) is -1.23. The summed E-state index contributed by atoms with van der Waals surface area (Å²) < 4.78 is 0.145. The summed E-state index contributed by atoms with van der Waals surface area (Å²) in [5, 5.41) is 17.3. The van der Waals surface area contributed by atoms with Crippen LogP contribution in [0.1, 0.15) is 0 Å². The molecule has 0 atom stereocenters. The van der Waals surface area contributed by atoms with Gasteiger partial charge in [0, 0.05) is 0 Å². The molecule has 1 heterocycles. The Balaban J connectivity index is 3.43. The molecule has 10 heavy (non-hydrogen) atoms. The summed E-state index contributed by atoms with van der Waals surface area (Å²) in [5.41, 5.74) is 4.08.